The molecule has 4 heteroatoms. The molecule has 0 amide bonds. The Morgan fingerprint density at radius 2 is 2.24 bits per heavy atom. The summed E-state index contributed by atoms with van der Waals surface area (Å²) in [5.41, 5.74) is 0.119. The van der Waals surface area contributed by atoms with Crippen molar-refractivity contribution in [3.63, 3.8) is 0 Å². The summed E-state index contributed by atoms with van der Waals surface area (Å²) >= 11 is 0. The van der Waals surface area contributed by atoms with Crippen molar-refractivity contribution < 1.29 is 9.90 Å². The minimum atomic E-state index is -0.968. The van der Waals surface area contributed by atoms with Crippen LogP contribution in [0.25, 0.3) is 0 Å². The van der Waals surface area contributed by atoms with E-state index in [1.54, 1.807) is 6.07 Å². The zero-order chi connectivity index (χ0) is 12.4. The van der Waals surface area contributed by atoms with E-state index in [1.165, 1.54) is 6.07 Å². The van der Waals surface area contributed by atoms with Crippen molar-refractivity contribution in [2.24, 2.45) is 5.92 Å². The molecule has 0 bridgehead atoms. The molecular weight excluding hydrogens is 216 g/mol. The van der Waals surface area contributed by atoms with Gasteiger partial charge in [-0.2, -0.15) is 0 Å². The SMILES string of the molecule is CC1CCN(c2cccc(C(=O)O)n2)C(C)C1. The average Bonchev–Trinajstić information content (AvgIpc) is 2.29. The number of pyridine rings is 1. The molecule has 1 aliphatic heterocycles. The van der Waals surface area contributed by atoms with Gasteiger partial charge >= 0.3 is 5.97 Å². The molecule has 1 aromatic rings. The zero-order valence-corrected chi connectivity index (χ0v) is 10.3. The van der Waals surface area contributed by atoms with Crippen LogP contribution in [0.2, 0.25) is 0 Å². The normalized spacial score (nSPS) is 24.7. The third kappa shape index (κ3) is 2.57. The van der Waals surface area contributed by atoms with Gasteiger partial charge in [0.15, 0.2) is 5.69 Å². The van der Waals surface area contributed by atoms with Crippen LogP contribution >= 0.6 is 0 Å². The molecule has 1 fully saturated rings. The molecule has 4 nitrogen and oxygen atoms in total. The minimum absolute atomic E-state index is 0.119. The lowest BCUT2D eigenvalue weighted by Gasteiger charge is -2.37. The molecule has 0 saturated carbocycles. The number of nitrogens with zero attached hydrogens (tertiary/aromatic N) is 2. The van der Waals surface area contributed by atoms with Gasteiger partial charge in [-0.25, -0.2) is 9.78 Å². The van der Waals surface area contributed by atoms with E-state index in [2.05, 4.69) is 23.7 Å². The van der Waals surface area contributed by atoms with Crippen molar-refractivity contribution in [1.82, 2.24) is 4.98 Å². The topological polar surface area (TPSA) is 53.4 Å². The van der Waals surface area contributed by atoms with Crippen molar-refractivity contribution in [1.29, 1.82) is 0 Å². The van der Waals surface area contributed by atoms with E-state index in [-0.39, 0.29) is 5.69 Å². The fourth-order valence-corrected chi connectivity index (χ4v) is 2.45. The number of carbonyl (C=O) groups is 1. The summed E-state index contributed by atoms with van der Waals surface area (Å²) in [7, 11) is 0. The van der Waals surface area contributed by atoms with Crippen molar-refractivity contribution in [3.05, 3.63) is 23.9 Å². The van der Waals surface area contributed by atoms with E-state index in [4.69, 9.17) is 5.11 Å². The monoisotopic (exact) mass is 234 g/mol. The molecule has 2 atom stereocenters. The van der Waals surface area contributed by atoms with Crippen LogP contribution in [-0.2, 0) is 0 Å². The number of carboxylic acid groups (broad SMARTS) is 1. The lowest BCUT2D eigenvalue weighted by atomic mass is 9.93. The molecule has 1 saturated heterocycles. The van der Waals surface area contributed by atoms with Crippen LogP contribution in [0.3, 0.4) is 0 Å². The van der Waals surface area contributed by atoms with Gasteiger partial charge in [0.05, 0.1) is 0 Å². The van der Waals surface area contributed by atoms with E-state index in [9.17, 15) is 4.79 Å². The second-order valence-corrected chi connectivity index (χ2v) is 4.86. The number of piperidine rings is 1. The molecule has 0 radical (unpaired) electrons. The Balaban J connectivity index is 2.22. The molecule has 0 aromatic carbocycles. The van der Waals surface area contributed by atoms with Gasteiger partial charge in [0.25, 0.3) is 0 Å². The Bertz CT molecular complexity index is 420. The van der Waals surface area contributed by atoms with Gasteiger partial charge in [-0.3, -0.25) is 0 Å². The summed E-state index contributed by atoms with van der Waals surface area (Å²) in [5, 5.41) is 8.93. The molecular formula is C13H18N2O2. The second-order valence-electron chi connectivity index (χ2n) is 4.86. The third-order valence-electron chi connectivity index (χ3n) is 3.39. The van der Waals surface area contributed by atoms with E-state index < -0.39 is 5.97 Å². The van der Waals surface area contributed by atoms with Crippen molar-refractivity contribution in [2.45, 2.75) is 32.7 Å². The number of hydrogen-bond acceptors (Lipinski definition) is 3. The molecule has 2 unspecified atom stereocenters. The quantitative estimate of drug-likeness (QED) is 0.853. The van der Waals surface area contributed by atoms with Gasteiger partial charge in [-0.05, 0) is 37.8 Å². The van der Waals surface area contributed by atoms with Crippen LogP contribution in [0.5, 0.6) is 0 Å². The Morgan fingerprint density at radius 1 is 1.47 bits per heavy atom. The summed E-state index contributed by atoms with van der Waals surface area (Å²) in [6.07, 6.45) is 2.28. The minimum Gasteiger partial charge on any atom is -0.477 e. The highest BCUT2D eigenvalue weighted by Gasteiger charge is 2.24. The van der Waals surface area contributed by atoms with E-state index in [0.717, 1.165) is 31.1 Å². The number of carboxylic acids is 1. The number of aromatic carboxylic acids is 1. The van der Waals surface area contributed by atoms with Gasteiger partial charge in [0.1, 0.15) is 5.82 Å². The number of aromatic nitrogens is 1. The van der Waals surface area contributed by atoms with Crippen molar-refractivity contribution in [2.75, 3.05) is 11.4 Å². The summed E-state index contributed by atoms with van der Waals surface area (Å²) < 4.78 is 0. The standard InChI is InChI=1S/C13H18N2O2/c1-9-6-7-15(10(2)8-9)12-5-3-4-11(14-12)13(16)17/h3-5,9-10H,6-8H2,1-2H3,(H,16,17). The molecule has 1 aromatic heterocycles. The fourth-order valence-electron chi connectivity index (χ4n) is 2.45. The zero-order valence-electron chi connectivity index (χ0n) is 10.3. The first kappa shape index (κ1) is 11.9. The third-order valence-corrected chi connectivity index (χ3v) is 3.39. The summed E-state index contributed by atoms with van der Waals surface area (Å²) in [4.78, 5) is 17.3. The molecule has 92 valence electrons. The van der Waals surface area contributed by atoms with Crippen LogP contribution in [-0.4, -0.2) is 28.6 Å². The average molecular weight is 234 g/mol. The van der Waals surface area contributed by atoms with Crippen molar-refractivity contribution >= 4 is 11.8 Å². The predicted octanol–water partition coefficient (Wildman–Crippen LogP) is 2.40. The van der Waals surface area contributed by atoms with Crippen LogP contribution in [0.1, 0.15) is 37.2 Å². The van der Waals surface area contributed by atoms with Crippen LogP contribution in [0.4, 0.5) is 5.82 Å². The molecule has 2 rings (SSSR count). The maximum absolute atomic E-state index is 10.9. The molecule has 1 N–H and O–H groups in total. The smallest absolute Gasteiger partial charge is 0.354 e. The Labute approximate surface area is 101 Å². The van der Waals surface area contributed by atoms with E-state index in [1.807, 2.05) is 6.07 Å². The van der Waals surface area contributed by atoms with Crippen LogP contribution in [0.15, 0.2) is 18.2 Å². The number of rotatable bonds is 2. The van der Waals surface area contributed by atoms with Gasteiger partial charge in [-0.15, -0.1) is 0 Å². The van der Waals surface area contributed by atoms with Gasteiger partial charge in [0, 0.05) is 12.6 Å². The summed E-state index contributed by atoms with van der Waals surface area (Å²) in [5.74, 6) is 0.554. The van der Waals surface area contributed by atoms with E-state index in [0.29, 0.717) is 6.04 Å². The van der Waals surface area contributed by atoms with E-state index >= 15 is 0 Å². The Hall–Kier alpha value is -1.58. The summed E-state index contributed by atoms with van der Waals surface area (Å²) in [6, 6.07) is 5.61. The van der Waals surface area contributed by atoms with Crippen molar-refractivity contribution in [3.8, 4) is 0 Å². The molecule has 17 heavy (non-hydrogen) atoms. The Kier molecular flexibility index (Phi) is 3.31. The maximum atomic E-state index is 10.9. The molecule has 0 aliphatic carbocycles. The van der Waals surface area contributed by atoms with Gasteiger partial charge < -0.3 is 10.0 Å². The van der Waals surface area contributed by atoms with Gasteiger partial charge in [0.2, 0.25) is 0 Å². The highest BCUT2D eigenvalue weighted by Crippen LogP contribution is 2.26. The number of anilines is 1. The first-order valence-corrected chi connectivity index (χ1v) is 6.05. The highest BCUT2D eigenvalue weighted by atomic mass is 16.4. The first-order chi connectivity index (χ1) is 8.08. The lowest BCUT2D eigenvalue weighted by molar-refractivity contribution is 0.0690. The molecule has 0 spiro atoms. The predicted molar refractivity (Wildman–Crippen MR) is 66.4 cm³/mol. The first-order valence-electron chi connectivity index (χ1n) is 6.05. The maximum Gasteiger partial charge on any atom is 0.354 e. The molecule has 1 aliphatic rings. The fraction of sp³-hybridized carbons (Fsp3) is 0.538. The second kappa shape index (κ2) is 4.73. The molecule has 2 heterocycles. The van der Waals surface area contributed by atoms with Crippen LogP contribution in [0, 0.1) is 5.92 Å². The Morgan fingerprint density at radius 3 is 2.88 bits per heavy atom. The highest BCUT2D eigenvalue weighted by molar-refractivity contribution is 5.85. The lowest BCUT2D eigenvalue weighted by Crippen LogP contribution is -2.40. The summed E-state index contributed by atoms with van der Waals surface area (Å²) in [6.45, 7) is 5.39. The number of hydrogen-bond donors (Lipinski definition) is 1. The van der Waals surface area contributed by atoms with Crippen LogP contribution < -0.4 is 4.90 Å². The largest absolute Gasteiger partial charge is 0.477 e. The van der Waals surface area contributed by atoms with Gasteiger partial charge in [-0.1, -0.05) is 13.0 Å².